The topological polar surface area (TPSA) is 124 Å². The van der Waals surface area contributed by atoms with Crippen LogP contribution in [0.3, 0.4) is 0 Å². The predicted octanol–water partition coefficient (Wildman–Crippen LogP) is 4.54. The number of nitrogens with zero attached hydrogens (tertiary/aromatic N) is 1. The van der Waals surface area contributed by atoms with Gasteiger partial charge in [-0.25, -0.2) is 14.6 Å². The highest BCUT2D eigenvalue weighted by atomic mass is 16.6. The highest BCUT2D eigenvalue weighted by Crippen LogP contribution is 2.39. The molecule has 216 valence electrons. The van der Waals surface area contributed by atoms with E-state index in [9.17, 15) is 19.5 Å². The van der Waals surface area contributed by atoms with Crippen molar-refractivity contribution >= 4 is 23.7 Å². The van der Waals surface area contributed by atoms with E-state index in [0.29, 0.717) is 30.9 Å². The molecule has 41 heavy (non-hydrogen) atoms. The summed E-state index contributed by atoms with van der Waals surface area (Å²) >= 11 is 0. The minimum atomic E-state index is -1.12. The maximum absolute atomic E-state index is 12.4. The first kappa shape index (κ1) is 27.3. The average molecular weight is 561 g/mol. The molecule has 2 N–H and O–H groups in total. The molecule has 0 bridgehead atoms. The van der Waals surface area contributed by atoms with E-state index >= 15 is 0 Å². The fraction of sp³-hybridized carbons (Fsp3) is 0.500. The van der Waals surface area contributed by atoms with Crippen LogP contribution in [0.15, 0.2) is 53.5 Å². The van der Waals surface area contributed by atoms with Crippen molar-refractivity contribution in [1.82, 2.24) is 5.32 Å². The molecule has 1 spiro atoms. The monoisotopic (exact) mass is 560 g/mol. The van der Waals surface area contributed by atoms with E-state index in [4.69, 9.17) is 14.2 Å². The Bertz CT molecular complexity index is 1310. The number of ether oxygens (including phenoxy) is 3. The van der Waals surface area contributed by atoms with Gasteiger partial charge >= 0.3 is 11.9 Å². The molecular weight excluding hydrogens is 524 g/mol. The molecule has 2 unspecified atom stereocenters. The Hall–Kier alpha value is -3.88. The van der Waals surface area contributed by atoms with Gasteiger partial charge in [0.25, 0.3) is 5.91 Å². The molecule has 2 aliphatic carbocycles. The van der Waals surface area contributed by atoms with E-state index in [1.165, 1.54) is 6.42 Å². The number of para-hydroxylation sites is 2. The number of carboxylic acid groups (broad SMARTS) is 1. The minimum Gasteiger partial charge on any atom is -0.480 e. The second-order valence-electron chi connectivity index (χ2n) is 11.7. The van der Waals surface area contributed by atoms with Crippen molar-refractivity contribution in [3.05, 3.63) is 59.7 Å². The molecule has 2 atom stereocenters. The van der Waals surface area contributed by atoms with Crippen LogP contribution in [-0.4, -0.2) is 52.1 Å². The maximum atomic E-state index is 12.4. The fourth-order valence-corrected chi connectivity index (χ4v) is 6.57. The summed E-state index contributed by atoms with van der Waals surface area (Å²) in [6, 6.07) is 15.5. The first-order valence-electron chi connectivity index (χ1n) is 14.7. The number of rotatable bonds is 4. The van der Waals surface area contributed by atoms with E-state index < -0.39 is 23.2 Å². The van der Waals surface area contributed by atoms with Gasteiger partial charge in [-0.3, -0.25) is 4.79 Å². The molecule has 2 fully saturated rings. The van der Waals surface area contributed by atoms with Crippen molar-refractivity contribution in [2.24, 2.45) is 4.99 Å². The number of carbonyl (C=O) groups is 3. The summed E-state index contributed by atoms with van der Waals surface area (Å²) in [6.45, 7) is 0. The second-order valence-corrected chi connectivity index (χ2v) is 11.7. The van der Waals surface area contributed by atoms with Gasteiger partial charge in [0.05, 0.1) is 0 Å². The molecule has 9 heteroatoms. The van der Waals surface area contributed by atoms with Crippen LogP contribution in [0.5, 0.6) is 11.5 Å². The standard InChI is InChI=1S/C16H19NO4.C16H17NO3/c18-14(13-10-11-6-2-3-7-12(11)21-13)17-16(15(19)20)8-4-1-5-9-16;18-15-16(8-4-1-5-9-16)17-14(20-15)13-10-11-6-2-3-7-12(11)19-13/h2-3,6-7,13H,1,4-5,8-10H2,(H,17,18)(H,19,20);2-3,6-7,13H,1,4-5,8-10H2. The maximum Gasteiger partial charge on any atom is 0.340 e. The zero-order valence-electron chi connectivity index (χ0n) is 23.1. The van der Waals surface area contributed by atoms with Gasteiger partial charge in [-0.1, -0.05) is 74.9 Å². The Balaban J connectivity index is 0.000000148. The molecular formula is C32H36N2O7. The summed E-state index contributed by atoms with van der Waals surface area (Å²) in [7, 11) is 0. The lowest BCUT2D eigenvalue weighted by Crippen LogP contribution is -2.58. The summed E-state index contributed by atoms with van der Waals surface area (Å²) in [5.41, 5.74) is 0.422. The number of cyclic esters (lactones) is 1. The SMILES string of the molecule is O=C(NC1(C(=O)O)CCCCC1)C1Cc2ccccc2O1.O=C1OC(C2Cc3ccccc3O2)=NC12CCCCC2. The molecule has 2 aromatic rings. The van der Waals surface area contributed by atoms with Gasteiger partial charge in [0.1, 0.15) is 17.0 Å². The summed E-state index contributed by atoms with van der Waals surface area (Å²) in [4.78, 5) is 40.8. The quantitative estimate of drug-likeness (QED) is 0.526. The van der Waals surface area contributed by atoms with E-state index in [0.717, 1.165) is 68.2 Å². The van der Waals surface area contributed by atoms with E-state index in [2.05, 4.69) is 10.3 Å². The van der Waals surface area contributed by atoms with E-state index in [-0.39, 0.29) is 18.0 Å². The average Bonchev–Trinajstić information content (AvgIpc) is 3.70. The zero-order chi connectivity index (χ0) is 28.5. The number of carboxylic acids is 1. The summed E-state index contributed by atoms with van der Waals surface area (Å²) in [5.74, 6) is 0.632. The third-order valence-electron chi connectivity index (χ3n) is 8.92. The minimum absolute atomic E-state index is 0.174. The Morgan fingerprint density at radius 2 is 1.39 bits per heavy atom. The zero-order valence-corrected chi connectivity index (χ0v) is 23.1. The van der Waals surface area contributed by atoms with Crippen molar-refractivity contribution in [2.75, 3.05) is 0 Å². The smallest absolute Gasteiger partial charge is 0.340 e. The first-order chi connectivity index (χ1) is 19.9. The number of esters is 1. The number of benzene rings is 2. The number of carbonyl (C=O) groups excluding carboxylic acids is 2. The predicted molar refractivity (Wildman–Crippen MR) is 150 cm³/mol. The molecule has 0 radical (unpaired) electrons. The van der Waals surface area contributed by atoms with Crippen LogP contribution in [0.4, 0.5) is 0 Å². The van der Waals surface area contributed by atoms with Crippen molar-refractivity contribution in [3.63, 3.8) is 0 Å². The van der Waals surface area contributed by atoms with Crippen LogP contribution in [0.1, 0.15) is 75.3 Å². The third kappa shape index (κ3) is 5.42. The normalized spacial score (nSPS) is 24.9. The molecule has 7 rings (SSSR count). The largest absolute Gasteiger partial charge is 0.480 e. The van der Waals surface area contributed by atoms with Crippen LogP contribution in [0.25, 0.3) is 0 Å². The van der Waals surface area contributed by atoms with Crippen molar-refractivity contribution in [3.8, 4) is 11.5 Å². The fourth-order valence-electron chi connectivity index (χ4n) is 6.57. The van der Waals surface area contributed by atoms with Gasteiger partial charge in [-0.05, 0) is 48.9 Å². The number of amides is 1. The summed E-state index contributed by atoms with van der Waals surface area (Å²) in [6.07, 6.45) is 8.97. The van der Waals surface area contributed by atoms with Crippen molar-refractivity contribution in [1.29, 1.82) is 0 Å². The number of hydrogen-bond donors (Lipinski definition) is 2. The van der Waals surface area contributed by atoms with Gasteiger partial charge < -0.3 is 24.6 Å². The van der Waals surface area contributed by atoms with Gasteiger partial charge in [0.2, 0.25) is 5.90 Å². The van der Waals surface area contributed by atoms with Crippen LogP contribution in [-0.2, 0) is 32.0 Å². The van der Waals surface area contributed by atoms with Gasteiger partial charge in [-0.2, -0.15) is 0 Å². The summed E-state index contributed by atoms with van der Waals surface area (Å²) in [5, 5.41) is 12.2. The van der Waals surface area contributed by atoms with E-state index in [1.54, 1.807) is 0 Å². The van der Waals surface area contributed by atoms with E-state index in [1.807, 2.05) is 48.5 Å². The van der Waals surface area contributed by atoms with Crippen LogP contribution >= 0.6 is 0 Å². The van der Waals surface area contributed by atoms with Crippen molar-refractivity contribution in [2.45, 2.75) is 100 Å². The van der Waals surface area contributed by atoms with Crippen LogP contribution in [0, 0.1) is 0 Å². The molecule has 0 saturated heterocycles. The van der Waals surface area contributed by atoms with Crippen molar-refractivity contribution < 1.29 is 33.7 Å². The number of nitrogens with one attached hydrogen (secondary N) is 1. The number of aliphatic imine (C=N–C) groups is 1. The molecule has 0 aromatic heterocycles. The Kier molecular flexibility index (Phi) is 7.45. The van der Waals surface area contributed by atoms with Crippen LogP contribution < -0.4 is 14.8 Å². The molecule has 1 amide bonds. The Morgan fingerprint density at radius 1 is 0.805 bits per heavy atom. The molecule has 2 aromatic carbocycles. The Morgan fingerprint density at radius 3 is 2.00 bits per heavy atom. The number of fused-ring (bicyclic) bond motifs is 2. The third-order valence-corrected chi connectivity index (χ3v) is 8.92. The molecule has 3 heterocycles. The lowest BCUT2D eigenvalue weighted by atomic mass is 9.81. The van der Waals surface area contributed by atoms with Crippen LogP contribution in [0.2, 0.25) is 0 Å². The number of aliphatic carboxylic acids is 1. The molecule has 5 aliphatic rings. The summed E-state index contributed by atoms with van der Waals surface area (Å²) < 4.78 is 17.0. The highest BCUT2D eigenvalue weighted by molar-refractivity contribution is 6.02. The first-order valence-corrected chi connectivity index (χ1v) is 14.7. The number of hydrogen-bond acceptors (Lipinski definition) is 7. The lowest BCUT2D eigenvalue weighted by Gasteiger charge is -2.34. The van der Waals surface area contributed by atoms with Gasteiger partial charge in [0.15, 0.2) is 17.7 Å². The van der Waals surface area contributed by atoms with Gasteiger partial charge in [0, 0.05) is 12.8 Å². The molecule has 2 saturated carbocycles. The lowest BCUT2D eigenvalue weighted by molar-refractivity contribution is -0.150. The molecule has 3 aliphatic heterocycles. The highest BCUT2D eigenvalue weighted by Gasteiger charge is 2.49. The Labute approximate surface area is 239 Å². The second kappa shape index (κ2) is 11.2. The van der Waals surface area contributed by atoms with Gasteiger partial charge in [-0.15, -0.1) is 0 Å². The molecule has 9 nitrogen and oxygen atoms in total.